The number of hydrogen-bond acceptors (Lipinski definition) is 4. The number of ether oxygens (including phenoxy) is 1. The number of nitrogens with zero attached hydrogens (tertiary/aromatic N) is 2. The largest absolute Gasteiger partial charge is 0.481 e. The fourth-order valence-electron chi connectivity index (χ4n) is 2.97. The van der Waals surface area contributed by atoms with E-state index in [-0.39, 0.29) is 18.0 Å². The molecule has 1 aliphatic heterocycles. The zero-order valence-electron chi connectivity index (χ0n) is 12.4. The smallest absolute Gasteiger partial charge is 0.212 e. The minimum absolute atomic E-state index is 0.0211. The van der Waals surface area contributed by atoms with Crippen molar-refractivity contribution in [3.8, 4) is 5.88 Å². The van der Waals surface area contributed by atoms with Gasteiger partial charge in [0, 0.05) is 31.4 Å². The van der Waals surface area contributed by atoms with Gasteiger partial charge in [0.15, 0.2) is 0 Å². The molecular weight excluding hydrogens is 283 g/mol. The van der Waals surface area contributed by atoms with Crippen LogP contribution in [0, 0.1) is 5.82 Å². The Labute approximate surface area is 129 Å². The normalized spacial score (nSPS) is 22.0. The second-order valence-corrected chi connectivity index (χ2v) is 5.60. The molecule has 0 saturated carbocycles. The summed E-state index contributed by atoms with van der Waals surface area (Å²) >= 11 is 0. The fourth-order valence-corrected chi connectivity index (χ4v) is 2.97. The summed E-state index contributed by atoms with van der Waals surface area (Å²) < 4.78 is 18.5. The molecule has 2 atom stereocenters. The van der Waals surface area contributed by atoms with Crippen LogP contribution in [0.4, 0.5) is 4.39 Å². The van der Waals surface area contributed by atoms with Gasteiger partial charge in [-0.3, -0.25) is 4.90 Å². The summed E-state index contributed by atoms with van der Waals surface area (Å²) in [6.07, 6.45) is 2.00. The lowest BCUT2D eigenvalue weighted by molar-refractivity contribution is 0.172. The SMILES string of the molecule is COc1ccc(CN2C[C@@H](O)C[C@@H]2c2cccc(F)c2)cn1. The van der Waals surface area contributed by atoms with Crippen molar-refractivity contribution in [3.63, 3.8) is 0 Å². The molecule has 2 aromatic rings. The van der Waals surface area contributed by atoms with Crippen molar-refractivity contribution < 1.29 is 14.2 Å². The van der Waals surface area contributed by atoms with Crippen molar-refractivity contribution in [2.24, 2.45) is 0 Å². The topological polar surface area (TPSA) is 45.6 Å². The number of likely N-dealkylation sites (tertiary alicyclic amines) is 1. The summed E-state index contributed by atoms with van der Waals surface area (Å²) in [6, 6.07) is 10.4. The van der Waals surface area contributed by atoms with Crippen LogP contribution in [0.5, 0.6) is 5.88 Å². The van der Waals surface area contributed by atoms with Crippen LogP contribution >= 0.6 is 0 Å². The Kier molecular flexibility index (Phi) is 4.36. The zero-order valence-corrected chi connectivity index (χ0v) is 12.4. The molecule has 1 saturated heterocycles. The van der Waals surface area contributed by atoms with Crippen LogP contribution in [0.15, 0.2) is 42.6 Å². The highest BCUT2D eigenvalue weighted by Gasteiger charge is 2.32. The summed E-state index contributed by atoms with van der Waals surface area (Å²) in [6.45, 7) is 1.24. The number of pyridine rings is 1. The molecular formula is C17H19FN2O2. The number of β-amino-alcohol motifs (C(OH)–C–C–N with tert-alkyl or cyclic N) is 1. The molecule has 116 valence electrons. The van der Waals surface area contributed by atoms with Gasteiger partial charge in [-0.15, -0.1) is 0 Å². The second kappa shape index (κ2) is 6.42. The molecule has 5 heteroatoms. The third-order valence-corrected chi connectivity index (χ3v) is 4.01. The number of rotatable bonds is 4. The lowest BCUT2D eigenvalue weighted by atomic mass is 10.0. The van der Waals surface area contributed by atoms with Crippen molar-refractivity contribution in [3.05, 3.63) is 59.5 Å². The predicted molar refractivity (Wildman–Crippen MR) is 81.0 cm³/mol. The van der Waals surface area contributed by atoms with E-state index in [9.17, 15) is 9.50 Å². The van der Waals surface area contributed by atoms with E-state index in [4.69, 9.17) is 4.74 Å². The number of aliphatic hydroxyl groups is 1. The Morgan fingerprint density at radius 3 is 2.91 bits per heavy atom. The van der Waals surface area contributed by atoms with E-state index >= 15 is 0 Å². The van der Waals surface area contributed by atoms with Gasteiger partial charge in [0.1, 0.15) is 5.82 Å². The quantitative estimate of drug-likeness (QED) is 0.943. The van der Waals surface area contributed by atoms with Gasteiger partial charge in [0.25, 0.3) is 0 Å². The highest BCUT2D eigenvalue weighted by Crippen LogP contribution is 2.33. The Morgan fingerprint density at radius 2 is 2.23 bits per heavy atom. The molecule has 1 aliphatic rings. The van der Waals surface area contributed by atoms with Crippen molar-refractivity contribution in [2.45, 2.75) is 25.1 Å². The maximum atomic E-state index is 13.5. The molecule has 1 fully saturated rings. The first-order valence-electron chi connectivity index (χ1n) is 7.32. The van der Waals surface area contributed by atoms with E-state index in [2.05, 4.69) is 9.88 Å². The third-order valence-electron chi connectivity index (χ3n) is 4.01. The van der Waals surface area contributed by atoms with Crippen LogP contribution in [0.25, 0.3) is 0 Å². The molecule has 0 aliphatic carbocycles. The molecule has 0 amide bonds. The standard InChI is InChI=1S/C17H19FN2O2/c1-22-17-6-5-12(9-19-17)10-20-11-15(21)8-16(20)13-3-2-4-14(18)7-13/h2-7,9,15-16,21H,8,10-11H2,1H3/t15-,16+/m0/s1. The number of methoxy groups -OCH3 is 1. The van der Waals surface area contributed by atoms with Crippen molar-refractivity contribution in [1.82, 2.24) is 9.88 Å². The molecule has 1 N–H and O–H groups in total. The molecule has 1 aromatic heterocycles. The first kappa shape index (κ1) is 14.9. The van der Waals surface area contributed by atoms with Gasteiger partial charge in [-0.05, 0) is 29.7 Å². The summed E-state index contributed by atoms with van der Waals surface area (Å²) in [5.74, 6) is 0.330. The fraction of sp³-hybridized carbons (Fsp3) is 0.353. The Morgan fingerprint density at radius 1 is 1.36 bits per heavy atom. The average molecular weight is 302 g/mol. The van der Waals surface area contributed by atoms with Crippen molar-refractivity contribution in [2.75, 3.05) is 13.7 Å². The third kappa shape index (κ3) is 3.26. The first-order chi connectivity index (χ1) is 10.7. The van der Waals surface area contributed by atoms with Crippen LogP contribution in [0.1, 0.15) is 23.6 Å². The molecule has 0 unspecified atom stereocenters. The van der Waals surface area contributed by atoms with Gasteiger partial charge < -0.3 is 9.84 Å². The number of aliphatic hydroxyl groups excluding tert-OH is 1. The van der Waals surface area contributed by atoms with E-state index in [1.165, 1.54) is 6.07 Å². The second-order valence-electron chi connectivity index (χ2n) is 5.60. The number of benzene rings is 1. The van der Waals surface area contributed by atoms with Crippen molar-refractivity contribution >= 4 is 0 Å². The molecule has 0 spiro atoms. The average Bonchev–Trinajstić information content (AvgIpc) is 2.89. The monoisotopic (exact) mass is 302 g/mol. The van der Waals surface area contributed by atoms with Crippen LogP contribution in [0.3, 0.4) is 0 Å². The van der Waals surface area contributed by atoms with Gasteiger partial charge in [-0.1, -0.05) is 18.2 Å². The number of halogens is 1. The summed E-state index contributed by atoms with van der Waals surface area (Å²) in [4.78, 5) is 6.35. The maximum absolute atomic E-state index is 13.5. The van der Waals surface area contributed by atoms with E-state index < -0.39 is 0 Å². The van der Waals surface area contributed by atoms with Crippen molar-refractivity contribution in [1.29, 1.82) is 0 Å². The van der Waals surface area contributed by atoms with Crippen LogP contribution < -0.4 is 4.74 Å². The Hall–Kier alpha value is -1.98. The predicted octanol–water partition coefficient (Wildman–Crippen LogP) is 2.54. The lowest BCUT2D eigenvalue weighted by Gasteiger charge is -2.24. The van der Waals surface area contributed by atoms with Gasteiger partial charge >= 0.3 is 0 Å². The molecule has 0 bridgehead atoms. The summed E-state index contributed by atoms with van der Waals surface area (Å²) in [7, 11) is 1.58. The van der Waals surface area contributed by atoms with Crippen LogP contribution in [-0.2, 0) is 6.54 Å². The van der Waals surface area contributed by atoms with Crippen LogP contribution in [0.2, 0.25) is 0 Å². The molecule has 0 radical (unpaired) electrons. The minimum Gasteiger partial charge on any atom is -0.481 e. The van der Waals surface area contributed by atoms with Gasteiger partial charge in [0.2, 0.25) is 5.88 Å². The van der Waals surface area contributed by atoms with E-state index in [1.54, 1.807) is 25.4 Å². The lowest BCUT2D eigenvalue weighted by Crippen LogP contribution is -2.24. The first-order valence-corrected chi connectivity index (χ1v) is 7.32. The highest BCUT2D eigenvalue weighted by atomic mass is 19.1. The Bertz CT molecular complexity index is 633. The molecule has 22 heavy (non-hydrogen) atoms. The maximum Gasteiger partial charge on any atom is 0.212 e. The van der Waals surface area contributed by atoms with E-state index in [0.29, 0.717) is 25.4 Å². The van der Waals surface area contributed by atoms with Gasteiger partial charge in [0.05, 0.1) is 13.2 Å². The molecule has 3 rings (SSSR count). The van der Waals surface area contributed by atoms with Gasteiger partial charge in [-0.2, -0.15) is 0 Å². The van der Waals surface area contributed by atoms with E-state index in [0.717, 1.165) is 11.1 Å². The number of aromatic nitrogens is 1. The molecule has 1 aromatic carbocycles. The molecule has 2 heterocycles. The molecule has 4 nitrogen and oxygen atoms in total. The minimum atomic E-state index is -0.389. The Balaban J connectivity index is 1.78. The van der Waals surface area contributed by atoms with Gasteiger partial charge in [-0.25, -0.2) is 9.37 Å². The zero-order chi connectivity index (χ0) is 15.5. The van der Waals surface area contributed by atoms with E-state index in [1.807, 2.05) is 18.2 Å². The van der Waals surface area contributed by atoms with Crippen LogP contribution in [-0.4, -0.2) is 34.7 Å². The summed E-state index contributed by atoms with van der Waals surface area (Å²) in [5.41, 5.74) is 1.94. The number of hydrogen-bond donors (Lipinski definition) is 1. The summed E-state index contributed by atoms with van der Waals surface area (Å²) in [5, 5.41) is 9.99. The highest BCUT2D eigenvalue weighted by molar-refractivity contribution is 5.23.